The molecular formula is C20H27N3O5. The highest BCUT2D eigenvalue weighted by molar-refractivity contribution is 6.01. The van der Waals surface area contributed by atoms with Crippen LogP contribution in [0.1, 0.15) is 26.2 Å². The summed E-state index contributed by atoms with van der Waals surface area (Å²) in [4.78, 5) is 38.6. The first-order valence-electron chi connectivity index (χ1n) is 9.62. The van der Waals surface area contributed by atoms with Gasteiger partial charge in [-0.25, -0.2) is 0 Å². The van der Waals surface area contributed by atoms with Crippen molar-refractivity contribution in [1.82, 2.24) is 10.6 Å². The molecule has 2 aliphatic rings. The number of nitrogens with one attached hydrogen (secondary N) is 2. The third kappa shape index (κ3) is 4.81. The van der Waals surface area contributed by atoms with Crippen LogP contribution >= 0.6 is 0 Å². The fraction of sp³-hybridized carbons (Fsp3) is 0.550. The molecule has 152 valence electrons. The van der Waals surface area contributed by atoms with E-state index < -0.39 is 12.0 Å². The smallest absolute Gasteiger partial charge is 0.242 e. The lowest BCUT2D eigenvalue weighted by atomic mass is 10.1. The Hall–Kier alpha value is -2.61. The summed E-state index contributed by atoms with van der Waals surface area (Å²) < 4.78 is 10.6. The van der Waals surface area contributed by atoms with E-state index in [9.17, 15) is 14.4 Å². The van der Waals surface area contributed by atoms with Crippen molar-refractivity contribution in [3.63, 3.8) is 0 Å². The Morgan fingerprint density at radius 1 is 1.32 bits per heavy atom. The molecule has 0 unspecified atom stereocenters. The second-order valence-corrected chi connectivity index (χ2v) is 7.21. The minimum absolute atomic E-state index is 0.0531. The molecule has 2 heterocycles. The van der Waals surface area contributed by atoms with Gasteiger partial charge in [0.2, 0.25) is 17.7 Å². The summed E-state index contributed by atoms with van der Waals surface area (Å²) in [6.45, 7) is 3.11. The second-order valence-electron chi connectivity index (χ2n) is 7.21. The molecule has 3 atom stereocenters. The molecule has 1 aromatic carbocycles. The van der Waals surface area contributed by atoms with Gasteiger partial charge in [-0.05, 0) is 44.0 Å². The van der Waals surface area contributed by atoms with E-state index in [1.54, 1.807) is 43.2 Å². The van der Waals surface area contributed by atoms with Gasteiger partial charge < -0.3 is 25.0 Å². The molecule has 2 fully saturated rings. The standard InChI is InChI=1S/C20H27N3O5/c1-13(19(25)21-11-17-4-3-9-28-17)22-20(26)14-10-18(24)23(12-14)15-5-7-16(27-2)8-6-15/h5-8,13-14,17H,3-4,9-12H2,1-2H3,(H,21,25)(H,22,26)/t13-,14-,17+/m1/s1. The van der Waals surface area contributed by atoms with Crippen LogP contribution in [0.4, 0.5) is 5.69 Å². The molecule has 8 nitrogen and oxygen atoms in total. The van der Waals surface area contributed by atoms with Gasteiger partial charge in [-0.15, -0.1) is 0 Å². The molecule has 0 saturated carbocycles. The van der Waals surface area contributed by atoms with Crippen molar-refractivity contribution < 1.29 is 23.9 Å². The van der Waals surface area contributed by atoms with Crippen LogP contribution in [-0.4, -0.2) is 56.7 Å². The Labute approximate surface area is 164 Å². The Morgan fingerprint density at radius 3 is 2.71 bits per heavy atom. The van der Waals surface area contributed by atoms with E-state index in [1.807, 2.05) is 0 Å². The monoisotopic (exact) mass is 389 g/mol. The third-order valence-electron chi connectivity index (χ3n) is 5.16. The first-order valence-corrected chi connectivity index (χ1v) is 9.62. The van der Waals surface area contributed by atoms with Crippen molar-refractivity contribution in [1.29, 1.82) is 0 Å². The van der Waals surface area contributed by atoms with Crippen LogP contribution in [0, 0.1) is 5.92 Å². The SMILES string of the molecule is COc1ccc(N2C[C@H](C(=O)N[C@H](C)C(=O)NC[C@@H]3CCCO3)CC2=O)cc1. The summed E-state index contributed by atoms with van der Waals surface area (Å²) in [5.74, 6) is -0.430. The predicted molar refractivity (Wildman–Crippen MR) is 103 cm³/mol. The van der Waals surface area contributed by atoms with Crippen LogP contribution in [0.2, 0.25) is 0 Å². The first kappa shape index (κ1) is 20.1. The molecule has 0 aromatic heterocycles. The van der Waals surface area contributed by atoms with Gasteiger partial charge in [-0.1, -0.05) is 0 Å². The number of carbonyl (C=O) groups is 3. The van der Waals surface area contributed by atoms with Crippen LogP contribution < -0.4 is 20.3 Å². The molecule has 8 heteroatoms. The molecule has 0 aliphatic carbocycles. The number of nitrogens with zero attached hydrogens (tertiary/aromatic N) is 1. The van der Waals surface area contributed by atoms with Gasteiger partial charge in [0.25, 0.3) is 0 Å². The lowest BCUT2D eigenvalue weighted by molar-refractivity contribution is -0.131. The lowest BCUT2D eigenvalue weighted by Crippen LogP contribution is -2.48. The number of benzene rings is 1. The summed E-state index contributed by atoms with van der Waals surface area (Å²) in [6, 6.07) is 6.46. The van der Waals surface area contributed by atoms with Crippen LogP contribution in [0.5, 0.6) is 5.75 Å². The molecular weight excluding hydrogens is 362 g/mol. The van der Waals surface area contributed by atoms with Gasteiger partial charge >= 0.3 is 0 Å². The molecule has 2 aliphatic heterocycles. The lowest BCUT2D eigenvalue weighted by Gasteiger charge is -2.19. The highest BCUT2D eigenvalue weighted by Crippen LogP contribution is 2.27. The Morgan fingerprint density at radius 2 is 2.07 bits per heavy atom. The minimum atomic E-state index is -0.668. The summed E-state index contributed by atoms with van der Waals surface area (Å²) in [6.07, 6.45) is 2.12. The van der Waals surface area contributed by atoms with E-state index in [2.05, 4.69) is 10.6 Å². The maximum absolute atomic E-state index is 12.5. The zero-order chi connectivity index (χ0) is 20.1. The molecule has 0 radical (unpaired) electrons. The molecule has 1 aromatic rings. The largest absolute Gasteiger partial charge is 0.497 e. The van der Waals surface area contributed by atoms with Gasteiger partial charge in [-0.2, -0.15) is 0 Å². The van der Waals surface area contributed by atoms with Crippen LogP contribution in [0.25, 0.3) is 0 Å². The topological polar surface area (TPSA) is 97.0 Å². The van der Waals surface area contributed by atoms with Crippen LogP contribution in [-0.2, 0) is 19.1 Å². The van der Waals surface area contributed by atoms with Crippen molar-refractivity contribution >= 4 is 23.4 Å². The molecule has 0 spiro atoms. The third-order valence-corrected chi connectivity index (χ3v) is 5.16. The quantitative estimate of drug-likeness (QED) is 0.721. The number of amides is 3. The molecule has 2 saturated heterocycles. The summed E-state index contributed by atoms with van der Waals surface area (Å²) >= 11 is 0. The van der Waals surface area contributed by atoms with Crippen molar-refractivity contribution in [2.75, 3.05) is 31.7 Å². The maximum Gasteiger partial charge on any atom is 0.242 e. The number of hydrogen-bond acceptors (Lipinski definition) is 5. The predicted octanol–water partition coefficient (Wildman–Crippen LogP) is 0.848. The van der Waals surface area contributed by atoms with Gasteiger partial charge in [0.05, 0.1) is 19.1 Å². The van der Waals surface area contributed by atoms with E-state index in [1.165, 1.54) is 0 Å². The van der Waals surface area contributed by atoms with Crippen molar-refractivity contribution in [2.45, 2.75) is 38.3 Å². The average molecular weight is 389 g/mol. The van der Waals surface area contributed by atoms with E-state index in [0.717, 1.165) is 25.1 Å². The second kappa shape index (κ2) is 9.05. The van der Waals surface area contributed by atoms with Crippen molar-refractivity contribution in [2.24, 2.45) is 5.92 Å². The molecule has 0 bridgehead atoms. The fourth-order valence-corrected chi connectivity index (χ4v) is 3.46. The van der Waals surface area contributed by atoms with E-state index in [-0.39, 0.29) is 30.2 Å². The molecule has 28 heavy (non-hydrogen) atoms. The number of hydrogen-bond donors (Lipinski definition) is 2. The summed E-state index contributed by atoms with van der Waals surface area (Å²) in [7, 11) is 1.58. The van der Waals surface area contributed by atoms with Crippen LogP contribution in [0.15, 0.2) is 24.3 Å². The van der Waals surface area contributed by atoms with Gasteiger partial charge in [0.15, 0.2) is 0 Å². The number of anilines is 1. The number of ether oxygens (including phenoxy) is 2. The Balaban J connectivity index is 1.49. The average Bonchev–Trinajstić information content (AvgIpc) is 3.35. The van der Waals surface area contributed by atoms with Gasteiger partial charge in [0.1, 0.15) is 11.8 Å². The Kier molecular flexibility index (Phi) is 6.51. The van der Waals surface area contributed by atoms with Crippen molar-refractivity contribution in [3.05, 3.63) is 24.3 Å². The van der Waals surface area contributed by atoms with E-state index >= 15 is 0 Å². The number of rotatable bonds is 7. The van der Waals surface area contributed by atoms with Gasteiger partial charge in [-0.3, -0.25) is 14.4 Å². The number of methoxy groups -OCH3 is 1. The normalized spacial score (nSPS) is 22.8. The summed E-state index contributed by atoms with van der Waals surface area (Å²) in [5.41, 5.74) is 0.725. The zero-order valence-corrected chi connectivity index (χ0v) is 16.3. The molecule has 3 rings (SSSR count). The first-order chi connectivity index (χ1) is 13.5. The maximum atomic E-state index is 12.5. The fourth-order valence-electron chi connectivity index (χ4n) is 3.46. The Bertz CT molecular complexity index is 715. The highest BCUT2D eigenvalue weighted by atomic mass is 16.5. The molecule has 3 amide bonds. The molecule has 2 N–H and O–H groups in total. The van der Waals surface area contributed by atoms with E-state index in [4.69, 9.17) is 9.47 Å². The highest BCUT2D eigenvalue weighted by Gasteiger charge is 2.36. The zero-order valence-electron chi connectivity index (χ0n) is 16.3. The van der Waals surface area contributed by atoms with Gasteiger partial charge in [0, 0.05) is 31.8 Å². The minimum Gasteiger partial charge on any atom is -0.497 e. The van der Waals surface area contributed by atoms with E-state index in [0.29, 0.717) is 18.8 Å². The number of carbonyl (C=O) groups excluding carboxylic acids is 3. The van der Waals surface area contributed by atoms with Crippen molar-refractivity contribution in [3.8, 4) is 5.75 Å². The summed E-state index contributed by atoms with van der Waals surface area (Å²) in [5, 5.41) is 5.52. The van der Waals surface area contributed by atoms with Crippen LogP contribution in [0.3, 0.4) is 0 Å².